The highest BCUT2D eigenvalue weighted by atomic mass is 79.9. The van der Waals surface area contributed by atoms with Gasteiger partial charge < -0.3 is 5.32 Å². The molecule has 24 heavy (non-hydrogen) atoms. The molecule has 0 unspecified atom stereocenters. The zero-order valence-corrected chi connectivity index (χ0v) is 15.9. The molecule has 2 N–H and O–H groups in total. The highest BCUT2D eigenvalue weighted by Crippen LogP contribution is 2.16. The molecule has 0 bridgehead atoms. The van der Waals surface area contributed by atoms with Gasteiger partial charge in [0, 0.05) is 16.6 Å². The minimum absolute atomic E-state index is 0.0613. The molecule has 0 aliphatic rings. The van der Waals surface area contributed by atoms with E-state index in [0.29, 0.717) is 17.7 Å². The SMILES string of the molecule is CNS(=O)(=O)Cc1ccc(CNC(=O)c2ccc(Br)cc2C)cc1. The van der Waals surface area contributed by atoms with Gasteiger partial charge in [0.25, 0.3) is 5.91 Å². The number of carbonyl (C=O) groups is 1. The van der Waals surface area contributed by atoms with Crippen molar-refractivity contribution >= 4 is 31.9 Å². The van der Waals surface area contributed by atoms with E-state index in [-0.39, 0.29) is 11.7 Å². The second-order valence-corrected chi connectivity index (χ2v) is 8.26. The maximum atomic E-state index is 12.2. The molecule has 0 saturated carbocycles. The second kappa shape index (κ2) is 7.92. The minimum atomic E-state index is -3.28. The van der Waals surface area contributed by atoms with Gasteiger partial charge in [0.05, 0.1) is 5.75 Å². The van der Waals surface area contributed by atoms with Gasteiger partial charge in [-0.05, 0) is 48.9 Å². The van der Waals surface area contributed by atoms with E-state index in [4.69, 9.17) is 0 Å². The molecule has 128 valence electrons. The molecule has 0 radical (unpaired) electrons. The van der Waals surface area contributed by atoms with Crippen LogP contribution >= 0.6 is 15.9 Å². The lowest BCUT2D eigenvalue weighted by Crippen LogP contribution is -2.23. The maximum absolute atomic E-state index is 12.2. The number of sulfonamides is 1. The molecular weight excluding hydrogens is 392 g/mol. The largest absolute Gasteiger partial charge is 0.348 e. The van der Waals surface area contributed by atoms with Crippen molar-refractivity contribution in [3.8, 4) is 0 Å². The van der Waals surface area contributed by atoms with Crippen molar-refractivity contribution in [3.05, 3.63) is 69.2 Å². The molecule has 2 aromatic carbocycles. The average Bonchev–Trinajstić information content (AvgIpc) is 2.53. The predicted molar refractivity (Wildman–Crippen MR) is 98.2 cm³/mol. The van der Waals surface area contributed by atoms with E-state index in [2.05, 4.69) is 26.0 Å². The molecule has 0 fully saturated rings. The summed E-state index contributed by atoms with van der Waals surface area (Å²) in [5, 5.41) is 2.87. The third-order valence-corrected chi connectivity index (χ3v) is 5.41. The van der Waals surface area contributed by atoms with Gasteiger partial charge in [0.15, 0.2) is 0 Å². The van der Waals surface area contributed by atoms with Crippen LogP contribution in [0.2, 0.25) is 0 Å². The van der Waals surface area contributed by atoms with Crippen LogP contribution in [-0.2, 0) is 22.3 Å². The Labute approximate surface area is 150 Å². The van der Waals surface area contributed by atoms with E-state index >= 15 is 0 Å². The number of amides is 1. The van der Waals surface area contributed by atoms with Crippen LogP contribution in [0.5, 0.6) is 0 Å². The van der Waals surface area contributed by atoms with Gasteiger partial charge in [-0.3, -0.25) is 4.79 Å². The summed E-state index contributed by atoms with van der Waals surface area (Å²) in [4.78, 5) is 12.2. The molecule has 2 rings (SSSR count). The Kier molecular flexibility index (Phi) is 6.15. The highest BCUT2D eigenvalue weighted by Gasteiger charge is 2.10. The molecule has 0 aliphatic heterocycles. The number of halogens is 1. The molecule has 0 spiro atoms. The lowest BCUT2D eigenvalue weighted by molar-refractivity contribution is 0.0950. The number of hydrogen-bond acceptors (Lipinski definition) is 3. The number of rotatable bonds is 6. The highest BCUT2D eigenvalue weighted by molar-refractivity contribution is 9.10. The molecule has 0 aromatic heterocycles. The smallest absolute Gasteiger partial charge is 0.251 e. The molecule has 0 atom stereocenters. The van der Waals surface area contributed by atoms with Crippen LogP contribution in [0, 0.1) is 6.92 Å². The van der Waals surface area contributed by atoms with Gasteiger partial charge in [-0.25, -0.2) is 13.1 Å². The van der Waals surface area contributed by atoms with Crippen LogP contribution in [0.25, 0.3) is 0 Å². The Balaban J connectivity index is 1.98. The Morgan fingerprint density at radius 3 is 2.29 bits per heavy atom. The van der Waals surface area contributed by atoms with Gasteiger partial charge in [0.2, 0.25) is 10.0 Å². The molecule has 1 amide bonds. The van der Waals surface area contributed by atoms with Gasteiger partial charge in [0.1, 0.15) is 0 Å². The molecule has 2 aromatic rings. The van der Waals surface area contributed by atoms with Crippen LogP contribution in [0.3, 0.4) is 0 Å². The summed E-state index contributed by atoms with van der Waals surface area (Å²) < 4.78 is 26.2. The maximum Gasteiger partial charge on any atom is 0.251 e. The summed E-state index contributed by atoms with van der Waals surface area (Å²) in [6.45, 7) is 2.27. The topological polar surface area (TPSA) is 75.3 Å². The molecular formula is C17H19BrN2O3S. The van der Waals surface area contributed by atoms with Crippen molar-refractivity contribution in [1.82, 2.24) is 10.0 Å². The summed E-state index contributed by atoms with van der Waals surface area (Å²) >= 11 is 3.37. The Bertz CT molecular complexity index is 833. The quantitative estimate of drug-likeness (QED) is 0.768. The molecule has 0 aliphatic carbocycles. The summed E-state index contributed by atoms with van der Waals surface area (Å²) in [6, 6.07) is 12.6. The Morgan fingerprint density at radius 1 is 1.08 bits per heavy atom. The van der Waals surface area contributed by atoms with E-state index in [0.717, 1.165) is 15.6 Å². The van der Waals surface area contributed by atoms with Crippen molar-refractivity contribution < 1.29 is 13.2 Å². The predicted octanol–water partition coefficient (Wildman–Crippen LogP) is 2.74. The Morgan fingerprint density at radius 2 is 1.71 bits per heavy atom. The van der Waals surface area contributed by atoms with Crippen LogP contribution in [0.15, 0.2) is 46.9 Å². The van der Waals surface area contributed by atoms with Crippen molar-refractivity contribution in [2.45, 2.75) is 19.2 Å². The van der Waals surface area contributed by atoms with E-state index < -0.39 is 10.0 Å². The van der Waals surface area contributed by atoms with Crippen molar-refractivity contribution in [2.24, 2.45) is 0 Å². The van der Waals surface area contributed by atoms with Gasteiger partial charge in [-0.15, -0.1) is 0 Å². The summed E-state index contributed by atoms with van der Waals surface area (Å²) in [7, 11) is -1.89. The van der Waals surface area contributed by atoms with Crippen molar-refractivity contribution in [1.29, 1.82) is 0 Å². The van der Waals surface area contributed by atoms with E-state index in [1.807, 2.05) is 31.2 Å². The normalized spacial score (nSPS) is 11.3. The van der Waals surface area contributed by atoms with Crippen LogP contribution in [0.4, 0.5) is 0 Å². The van der Waals surface area contributed by atoms with Gasteiger partial charge in [-0.2, -0.15) is 0 Å². The number of benzene rings is 2. The zero-order valence-electron chi connectivity index (χ0n) is 13.5. The first-order valence-electron chi connectivity index (χ1n) is 7.34. The zero-order chi connectivity index (χ0) is 17.7. The average molecular weight is 411 g/mol. The fourth-order valence-corrected chi connectivity index (χ4v) is 3.46. The van der Waals surface area contributed by atoms with Crippen molar-refractivity contribution in [2.75, 3.05) is 7.05 Å². The first-order valence-corrected chi connectivity index (χ1v) is 9.78. The third-order valence-electron chi connectivity index (χ3n) is 3.58. The minimum Gasteiger partial charge on any atom is -0.348 e. The van der Waals surface area contributed by atoms with Crippen LogP contribution in [-0.4, -0.2) is 21.4 Å². The summed E-state index contributed by atoms with van der Waals surface area (Å²) in [5.41, 5.74) is 3.14. The van der Waals surface area contributed by atoms with Gasteiger partial charge in [-0.1, -0.05) is 40.2 Å². The molecule has 0 heterocycles. The van der Waals surface area contributed by atoms with E-state index in [1.54, 1.807) is 18.2 Å². The van der Waals surface area contributed by atoms with Crippen LogP contribution in [0.1, 0.15) is 27.0 Å². The van der Waals surface area contributed by atoms with E-state index in [1.165, 1.54) is 7.05 Å². The van der Waals surface area contributed by atoms with E-state index in [9.17, 15) is 13.2 Å². The number of nitrogens with one attached hydrogen (secondary N) is 2. The standard InChI is InChI=1S/C17H19BrN2O3S/c1-12-9-15(18)7-8-16(12)17(21)20-10-13-3-5-14(6-4-13)11-24(22,23)19-2/h3-9,19H,10-11H2,1-2H3,(H,20,21). The molecule has 5 nitrogen and oxygen atoms in total. The fraction of sp³-hybridized carbons (Fsp3) is 0.235. The second-order valence-electron chi connectivity index (χ2n) is 5.42. The number of hydrogen-bond donors (Lipinski definition) is 2. The van der Waals surface area contributed by atoms with Crippen molar-refractivity contribution in [3.63, 3.8) is 0 Å². The third kappa shape index (κ3) is 5.15. The summed E-state index contributed by atoms with van der Waals surface area (Å²) in [5.74, 6) is -0.198. The monoisotopic (exact) mass is 410 g/mol. The van der Waals surface area contributed by atoms with Crippen LogP contribution < -0.4 is 10.0 Å². The fourth-order valence-electron chi connectivity index (χ4n) is 2.20. The number of carbonyl (C=O) groups excluding carboxylic acids is 1. The molecule has 7 heteroatoms. The molecule has 0 saturated heterocycles. The Hall–Kier alpha value is -1.70. The summed E-state index contributed by atoms with van der Waals surface area (Å²) in [6.07, 6.45) is 0. The van der Waals surface area contributed by atoms with Gasteiger partial charge >= 0.3 is 0 Å². The number of aryl methyl sites for hydroxylation is 1. The first kappa shape index (κ1) is 18.6. The lowest BCUT2D eigenvalue weighted by atomic mass is 10.1. The first-order chi connectivity index (χ1) is 11.3. The lowest BCUT2D eigenvalue weighted by Gasteiger charge is -2.09.